The van der Waals surface area contributed by atoms with Gasteiger partial charge in [0.2, 0.25) is 0 Å². The van der Waals surface area contributed by atoms with Crippen LogP contribution in [0.4, 0.5) is 0 Å². The average Bonchev–Trinajstić information content (AvgIpc) is 2.76. The first-order valence-electron chi connectivity index (χ1n) is 7.95. The maximum atomic E-state index is 10.1. The molecule has 1 aliphatic carbocycles. The van der Waals surface area contributed by atoms with Crippen LogP contribution in [0.25, 0.3) is 0 Å². The zero-order valence-corrected chi connectivity index (χ0v) is 12.9. The average molecular weight is 291 g/mol. The van der Waals surface area contributed by atoms with E-state index in [9.17, 15) is 5.11 Å². The predicted molar refractivity (Wildman–Crippen MR) is 85.2 cm³/mol. The van der Waals surface area contributed by atoms with E-state index in [1.807, 2.05) is 11.8 Å². The quantitative estimate of drug-likeness (QED) is 0.833. The zero-order chi connectivity index (χ0) is 13.8. The standard InChI is InChI=1S/C17H25NOS/c19-13-17(18-14-7-3-1-2-4-8-14)11-12-20-16-10-6-5-9-15(16)17/h5-6,9-10,14,18-19H,1-4,7-8,11-13H2. The van der Waals surface area contributed by atoms with Gasteiger partial charge in [-0.3, -0.25) is 0 Å². The van der Waals surface area contributed by atoms with E-state index in [1.54, 1.807) is 0 Å². The number of nitrogens with one attached hydrogen (secondary N) is 1. The Labute approximate surface area is 126 Å². The molecular formula is C17H25NOS. The van der Waals surface area contributed by atoms with Crippen molar-refractivity contribution >= 4 is 11.8 Å². The Morgan fingerprint density at radius 2 is 1.90 bits per heavy atom. The highest BCUT2D eigenvalue weighted by atomic mass is 32.2. The number of aliphatic hydroxyl groups is 1. The number of hydrogen-bond donors (Lipinski definition) is 2. The van der Waals surface area contributed by atoms with E-state index < -0.39 is 0 Å². The lowest BCUT2D eigenvalue weighted by molar-refractivity contribution is 0.135. The summed E-state index contributed by atoms with van der Waals surface area (Å²) in [5.41, 5.74) is 1.10. The van der Waals surface area contributed by atoms with Crippen LogP contribution in [0.5, 0.6) is 0 Å². The summed E-state index contributed by atoms with van der Waals surface area (Å²) in [4.78, 5) is 1.34. The maximum Gasteiger partial charge on any atom is 0.0690 e. The van der Waals surface area contributed by atoms with E-state index >= 15 is 0 Å². The normalized spacial score (nSPS) is 27.9. The molecule has 0 radical (unpaired) electrons. The molecule has 2 N–H and O–H groups in total. The smallest absolute Gasteiger partial charge is 0.0690 e. The minimum atomic E-state index is -0.211. The van der Waals surface area contributed by atoms with E-state index in [0.29, 0.717) is 6.04 Å². The molecule has 1 aliphatic heterocycles. The lowest BCUT2D eigenvalue weighted by Gasteiger charge is -2.41. The van der Waals surface area contributed by atoms with Gasteiger partial charge in [0.1, 0.15) is 0 Å². The van der Waals surface area contributed by atoms with E-state index in [0.717, 1.165) is 12.2 Å². The fourth-order valence-electron chi connectivity index (χ4n) is 3.63. The Hall–Kier alpha value is -0.510. The number of aliphatic hydroxyl groups excluding tert-OH is 1. The molecule has 0 aromatic heterocycles. The molecule has 1 atom stereocenters. The van der Waals surface area contributed by atoms with Crippen LogP contribution >= 0.6 is 11.8 Å². The number of rotatable bonds is 3. The van der Waals surface area contributed by atoms with E-state index in [-0.39, 0.29) is 12.1 Å². The van der Waals surface area contributed by atoms with Crippen molar-refractivity contribution in [2.45, 2.75) is 61.4 Å². The van der Waals surface area contributed by atoms with Gasteiger partial charge in [-0.1, -0.05) is 43.9 Å². The van der Waals surface area contributed by atoms with Crippen LogP contribution in [0.15, 0.2) is 29.2 Å². The molecule has 1 saturated carbocycles. The molecule has 1 aromatic rings. The van der Waals surface area contributed by atoms with Gasteiger partial charge in [0.25, 0.3) is 0 Å². The van der Waals surface area contributed by atoms with Gasteiger partial charge in [-0.2, -0.15) is 0 Å². The van der Waals surface area contributed by atoms with Crippen LogP contribution in [0.3, 0.4) is 0 Å². The second-order valence-electron chi connectivity index (χ2n) is 6.17. The molecule has 1 unspecified atom stereocenters. The van der Waals surface area contributed by atoms with Gasteiger partial charge in [-0.15, -0.1) is 11.8 Å². The lowest BCUT2D eigenvalue weighted by atomic mass is 9.85. The topological polar surface area (TPSA) is 32.3 Å². The molecule has 0 spiro atoms. The molecule has 3 heteroatoms. The number of thioether (sulfide) groups is 1. The number of fused-ring (bicyclic) bond motifs is 1. The summed E-state index contributed by atoms with van der Waals surface area (Å²) in [5, 5.41) is 14.0. The molecule has 1 fully saturated rings. The molecule has 110 valence electrons. The Balaban J connectivity index is 1.84. The van der Waals surface area contributed by atoms with Crippen LogP contribution in [0, 0.1) is 0 Å². The largest absolute Gasteiger partial charge is 0.394 e. The van der Waals surface area contributed by atoms with Crippen molar-refractivity contribution in [3.63, 3.8) is 0 Å². The minimum absolute atomic E-state index is 0.209. The maximum absolute atomic E-state index is 10.1. The highest BCUT2D eigenvalue weighted by Crippen LogP contribution is 2.40. The lowest BCUT2D eigenvalue weighted by Crippen LogP contribution is -2.52. The van der Waals surface area contributed by atoms with E-state index in [1.165, 1.54) is 49.0 Å². The van der Waals surface area contributed by atoms with E-state index in [2.05, 4.69) is 29.6 Å². The van der Waals surface area contributed by atoms with Gasteiger partial charge in [0.15, 0.2) is 0 Å². The summed E-state index contributed by atoms with van der Waals surface area (Å²) < 4.78 is 0. The van der Waals surface area contributed by atoms with E-state index in [4.69, 9.17) is 0 Å². The first-order valence-corrected chi connectivity index (χ1v) is 8.93. The third-order valence-electron chi connectivity index (χ3n) is 4.79. The fourth-order valence-corrected chi connectivity index (χ4v) is 4.90. The van der Waals surface area contributed by atoms with Crippen LogP contribution < -0.4 is 5.32 Å². The third kappa shape index (κ3) is 2.90. The molecule has 0 bridgehead atoms. The zero-order valence-electron chi connectivity index (χ0n) is 12.1. The van der Waals surface area contributed by atoms with Crippen molar-refractivity contribution in [3.8, 4) is 0 Å². The van der Waals surface area contributed by atoms with Crippen molar-refractivity contribution in [2.24, 2.45) is 0 Å². The van der Waals surface area contributed by atoms with Gasteiger partial charge in [-0.05, 0) is 30.9 Å². The highest BCUT2D eigenvalue weighted by molar-refractivity contribution is 7.99. The summed E-state index contributed by atoms with van der Waals surface area (Å²) >= 11 is 1.92. The van der Waals surface area contributed by atoms with Crippen molar-refractivity contribution in [1.82, 2.24) is 5.32 Å². The number of benzene rings is 1. The van der Waals surface area contributed by atoms with Crippen LogP contribution in [-0.2, 0) is 5.54 Å². The Bertz CT molecular complexity index is 442. The third-order valence-corrected chi connectivity index (χ3v) is 5.87. The highest BCUT2D eigenvalue weighted by Gasteiger charge is 2.37. The molecule has 1 aromatic carbocycles. The van der Waals surface area contributed by atoms with Gasteiger partial charge < -0.3 is 10.4 Å². The van der Waals surface area contributed by atoms with Crippen LogP contribution in [0.1, 0.15) is 50.5 Å². The SMILES string of the molecule is OCC1(NC2CCCCCC2)CCSc2ccccc21. The van der Waals surface area contributed by atoms with Gasteiger partial charge in [0, 0.05) is 16.7 Å². The van der Waals surface area contributed by atoms with Crippen molar-refractivity contribution in [1.29, 1.82) is 0 Å². The van der Waals surface area contributed by atoms with Gasteiger partial charge in [0.05, 0.1) is 12.1 Å². The Kier molecular flexibility index (Phi) is 4.69. The molecule has 2 nitrogen and oxygen atoms in total. The first-order chi connectivity index (χ1) is 9.84. The molecule has 0 amide bonds. The molecule has 20 heavy (non-hydrogen) atoms. The molecule has 2 aliphatic rings. The second-order valence-corrected chi connectivity index (χ2v) is 7.30. The second kappa shape index (κ2) is 6.50. The summed E-state index contributed by atoms with van der Waals surface area (Å²) in [7, 11) is 0. The fraction of sp³-hybridized carbons (Fsp3) is 0.647. The van der Waals surface area contributed by atoms with Crippen molar-refractivity contribution in [2.75, 3.05) is 12.4 Å². The number of hydrogen-bond acceptors (Lipinski definition) is 3. The van der Waals surface area contributed by atoms with Crippen molar-refractivity contribution in [3.05, 3.63) is 29.8 Å². The summed E-state index contributed by atoms with van der Waals surface area (Å²) in [6.07, 6.45) is 8.95. The van der Waals surface area contributed by atoms with Gasteiger partial charge >= 0.3 is 0 Å². The molecule has 1 heterocycles. The molecule has 0 saturated heterocycles. The first kappa shape index (κ1) is 14.4. The van der Waals surface area contributed by atoms with Gasteiger partial charge in [-0.25, -0.2) is 0 Å². The Morgan fingerprint density at radius 3 is 2.65 bits per heavy atom. The van der Waals surface area contributed by atoms with Crippen LogP contribution in [0.2, 0.25) is 0 Å². The van der Waals surface area contributed by atoms with Crippen molar-refractivity contribution < 1.29 is 5.11 Å². The molecule has 3 rings (SSSR count). The van der Waals surface area contributed by atoms with Crippen LogP contribution in [-0.4, -0.2) is 23.5 Å². The summed E-state index contributed by atoms with van der Waals surface area (Å²) in [6, 6.07) is 9.16. The summed E-state index contributed by atoms with van der Waals surface area (Å²) in [6.45, 7) is 0.209. The minimum Gasteiger partial charge on any atom is -0.394 e. The summed E-state index contributed by atoms with van der Waals surface area (Å²) in [5.74, 6) is 1.09. The monoisotopic (exact) mass is 291 g/mol. The predicted octanol–water partition coefficient (Wildman–Crippen LogP) is 3.68. The Morgan fingerprint density at radius 1 is 1.15 bits per heavy atom. The molecular weight excluding hydrogens is 266 g/mol.